The van der Waals surface area contributed by atoms with E-state index in [4.69, 9.17) is 16.7 Å². The van der Waals surface area contributed by atoms with Crippen molar-refractivity contribution in [3.63, 3.8) is 0 Å². The highest BCUT2D eigenvalue weighted by Crippen LogP contribution is 2.23. The smallest absolute Gasteiger partial charge is 0.335 e. The zero-order valence-electron chi connectivity index (χ0n) is 8.45. The summed E-state index contributed by atoms with van der Waals surface area (Å²) in [7, 11) is 0. The molecule has 1 atom stereocenters. The molecule has 0 radical (unpaired) electrons. The number of hydrogen-bond donors (Lipinski definition) is 1. The molecule has 80 valence electrons. The van der Waals surface area contributed by atoms with E-state index < -0.39 is 11.3 Å². The van der Waals surface area contributed by atoms with Crippen molar-refractivity contribution in [1.82, 2.24) is 0 Å². The van der Waals surface area contributed by atoms with Crippen LogP contribution in [0.25, 0.3) is 0 Å². The number of aryl methyl sites for hydroxylation is 1. The number of ketones is 1. The van der Waals surface area contributed by atoms with Crippen molar-refractivity contribution in [2.24, 2.45) is 0 Å². The van der Waals surface area contributed by atoms with Gasteiger partial charge in [0.05, 0.1) is 5.56 Å². The lowest BCUT2D eigenvalue weighted by Gasteiger charge is -2.08. The Labute approximate surface area is 92.7 Å². The van der Waals surface area contributed by atoms with Gasteiger partial charge in [-0.1, -0.05) is 6.07 Å². The monoisotopic (exact) mass is 226 g/mol. The van der Waals surface area contributed by atoms with E-state index in [1.165, 1.54) is 19.1 Å². The number of halogens is 1. The molecule has 0 aliphatic carbocycles. The number of hydrogen-bond acceptors (Lipinski definition) is 2. The second kappa shape index (κ2) is 4.45. The minimum absolute atomic E-state index is 0.150. The first kappa shape index (κ1) is 11.7. The quantitative estimate of drug-likeness (QED) is 0.806. The topological polar surface area (TPSA) is 54.4 Å². The van der Waals surface area contributed by atoms with Gasteiger partial charge in [0.25, 0.3) is 0 Å². The lowest BCUT2D eigenvalue weighted by molar-refractivity contribution is -0.116. The summed E-state index contributed by atoms with van der Waals surface area (Å²) < 4.78 is 0. The third kappa shape index (κ3) is 2.80. The van der Waals surface area contributed by atoms with Gasteiger partial charge in [-0.2, -0.15) is 0 Å². The number of aromatic carboxylic acids is 1. The third-order valence-electron chi connectivity index (χ3n) is 2.00. The van der Waals surface area contributed by atoms with Crippen LogP contribution in [-0.2, 0) is 4.79 Å². The highest BCUT2D eigenvalue weighted by atomic mass is 35.5. The Hall–Kier alpha value is -1.35. The molecule has 0 amide bonds. The third-order valence-corrected chi connectivity index (χ3v) is 2.56. The standard InChI is InChI=1S/C11H11ClO3/c1-6-3-8(10(12)7(2)13)5-9(4-6)11(14)15/h3-5,10H,1-2H3,(H,14,15). The maximum absolute atomic E-state index is 11.1. The molecule has 1 N–H and O–H groups in total. The Morgan fingerprint density at radius 2 is 1.93 bits per heavy atom. The van der Waals surface area contributed by atoms with Crippen molar-refractivity contribution in [3.8, 4) is 0 Å². The molecule has 1 rings (SSSR count). The van der Waals surface area contributed by atoms with Crippen LogP contribution >= 0.6 is 11.6 Å². The lowest BCUT2D eigenvalue weighted by Crippen LogP contribution is -2.05. The van der Waals surface area contributed by atoms with Crippen molar-refractivity contribution >= 4 is 23.4 Å². The summed E-state index contributed by atoms with van der Waals surface area (Å²) in [6, 6.07) is 4.68. The van der Waals surface area contributed by atoms with Gasteiger partial charge in [-0.25, -0.2) is 4.79 Å². The Balaban J connectivity index is 3.20. The minimum atomic E-state index is -1.02. The second-order valence-corrected chi connectivity index (χ2v) is 3.85. The molecule has 0 spiro atoms. The van der Waals surface area contributed by atoms with Gasteiger partial charge < -0.3 is 5.11 Å². The van der Waals surface area contributed by atoms with Gasteiger partial charge in [0, 0.05) is 0 Å². The Morgan fingerprint density at radius 1 is 1.33 bits per heavy atom. The van der Waals surface area contributed by atoms with Crippen molar-refractivity contribution < 1.29 is 14.7 Å². The highest BCUT2D eigenvalue weighted by Gasteiger charge is 2.15. The van der Waals surface area contributed by atoms with Crippen molar-refractivity contribution in [2.75, 3.05) is 0 Å². The summed E-state index contributed by atoms with van der Waals surface area (Å²) in [5, 5.41) is 8.05. The number of Topliss-reactive ketones (excluding diaryl/α,β-unsaturated/α-hetero) is 1. The van der Waals surface area contributed by atoms with Gasteiger partial charge in [0.2, 0.25) is 0 Å². The fourth-order valence-corrected chi connectivity index (χ4v) is 1.44. The zero-order valence-corrected chi connectivity index (χ0v) is 9.21. The molecule has 4 heteroatoms. The van der Waals surface area contributed by atoms with E-state index in [-0.39, 0.29) is 11.3 Å². The summed E-state index contributed by atoms with van der Waals surface area (Å²) in [6.07, 6.45) is 0. The number of carboxylic acids is 1. The predicted molar refractivity (Wildman–Crippen MR) is 57.4 cm³/mol. The molecule has 0 saturated carbocycles. The van der Waals surface area contributed by atoms with Crippen LogP contribution in [0.2, 0.25) is 0 Å². The molecule has 0 aliphatic rings. The van der Waals surface area contributed by atoms with Gasteiger partial charge in [-0.3, -0.25) is 4.79 Å². The maximum Gasteiger partial charge on any atom is 0.335 e. The molecule has 0 aromatic heterocycles. The molecule has 1 aromatic rings. The van der Waals surface area contributed by atoms with Crippen molar-refractivity contribution in [3.05, 3.63) is 34.9 Å². The normalized spacial score (nSPS) is 12.2. The fourth-order valence-electron chi connectivity index (χ4n) is 1.32. The van der Waals surface area contributed by atoms with E-state index in [9.17, 15) is 9.59 Å². The van der Waals surface area contributed by atoms with E-state index in [1.807, 2.05) is 0 Å². The van der Waals surface area contributed by atoms with E-state index >= 15 is 0 Å². The number of benzene rings is 1. The Bertz CT molecular complexity index is 412. The van der Waals surface area contributed by atoms with Gasteiger partial charge in [0.15, 0.2) is 5.78 Å². The first-order valence-corrected chi connectivity index (χ1v) is 4.85. The Kier molecular flexibility index (Phi) is 3.48. The molecule has 0 aliphatic heterocycles. The van der Waals surface area contributed by atoms with Crippen LogP contribution in [0.5, 0.6) is 0 Å². The van der Waals surface area contributed by atoms with E-state index in [2.05, 4.69) is 0 Å². The molecule has 1 aromatic carbocycles. The summed E-state index contributed by atoms with van der Waals surface area (Å²) >= 11 is 5.85. The maximum atomic E-state index is 11.1. The minimum Gasteiger partial charge on any atom is -0.478 e. The van der Waals surface area contributed by atoms with E-state index in [1.54, 1.807) is 13.0 Å². The van der Waals surface area contributed by atoms with Crippen molar-refractivity contribution in [2.45, 2.75) is 19.2 Å². The zero-order chi connectivity index (χ0) is 11.6. The fraction of sp³-hybridized carbons (Fsp3) is 0.273. The summed E-state index contributed by atoms with van der Waals surface area (Å²) in [5.74, 6) is -1.22. The van der Waals surface area contributed by atoms with Crippen molar-refractivity contribution in [1.29, 1.82) is 0 Å². The van der Waals surface area contributed by atoms with Gasteiger partial charge in [-0.05, 0) is 37.1 Å². The summed E-state index contributed by atoms with van der Waals surface area (Å²) in [6.45, 7) is 3.14. The number of carbonyl (C=O) groups is 2. The molecule has 0 heterocycles. The Morgan fingerprint density at radius 3 is 2.40 bits per heavy atom. The van der Waals surface area contributed by atoms with Gasteiger partial charge in [-0.15, -0.1) is 11.6 Å². The molecule has 3 nitrogen and oxygen atoms in total. The van der Waals surface area contributed by atoms with Crippen LogP contribution in [-0.4, -0.2) is 16.9 Å². The molecule has 1 unspecified atom stereocenters. The van der Waals surface area contributed by atoms with Crippen LogP contribution < -0.4 is 0 Å². The first-order chi connectivity index (χ1) is 6.91. The van der Waals surface area contributed by atoms with Crippen LogP contribution in [0.4, 0.5) is 0 Å². The summed E-state index contributed by atoms with van der Waals surface area (Å²) in [4.78, 5) is 21.8. The van der Waals surface area contributed by atoms with Crippen LogP contribution in [0.15, 0.2) is 18.2 Å². The molecule has 0 fully saturated rings. The van der Waals surface area contributed by atoms with Gasteiger partial charge in [0.1, 0.15) is 5.38 Å². The number of rotatable bonds is 3. The predicted octanol–water partition coefficient (Wildman–Crippen LogP) is 2.56. The average molecular weight is 227 g/mol. The van der Waals surface area contributed by atoms with Crippen LogP contribution in [0, 0.1) is 6.92 Å². The SMILES string of the molecule is CC(=O)C(Cl)c1cc(C)cc(C(=O)O)c1. The summed E-state index contributed by atoms with van der Waals surface area (Å²) in [5.41, 5.74) is 1.45. The van der Waals surface area contributed by atoms with Crippen LogP contribution in [0.3, 0.4) is 0 Å². The molecule has 0 bridgehead atoms. The number of alkyl halides is 1. The first-order valence-electron chi connectivity index (χ1n) is 4.41. The largest absolute Gasteiger partial charge is 0.478 e. The molecular weight excluding hydrogens is 216 g/mol. The molecule has 15 heavy (non-hydrogen) atoms. The average Bonchev–Trinajstić information content (AvgIpc) is 2.15. The number of carboxylic acid groups (broad SMARTS) is 1. The van der Waals surface area contributed by atoms with E-state index in [0.29, 0.717) is 5.56 Å². The van der Waals surface area contributed by atoms with Crippen LogP contribution in [0.1, 0.15) is 33.8 Å². The number of carbonyl (C=O) groups excluding carboxylic acids is 1. The lowest BCUT2D eigenvalue weighted by atomic mass is 10.0. The highest BCUT2D eigenvalue weighted by molar-refractivity contribution is 6.30. The molecule has 0 saturated heterocycles. The second-order valence-electron chi connectivity index (χ2n) is 3.41. The van der Waals surface area contributed by atoms with Gasteiger partial charge >= 0.3 is 5.97 Å². The molecular formula is C11H11ClO3. The van der Waals surface area contributed by atoms with E-state index in [0.717, 1.165) is 5.56 Å².